The minimum Gasteiger partial charge on any atom is -0.478 e. The van der Waals surface area contributed by atoms with Crippen molar-refractivity contribution < 1.29 is 19.6 Å². The van der Waals surface area contributed by atoms with Crippen LogP contribution in [0, 0.1) is 10.1 Å². The van der Waals surface area contributed by atoms with Gasteiger partial charge in [-0.25, -0.2) is 4.79 Å². The largest absolute Gasteiger partial charge is 0.478 e. The number of halogens is 2. The summed E-state index contributed by atoms with van der Waals surface area (Å²) in [5.41, 5.74) is -0.442. The third kappa shape index (κ3) is 3.50. The number of nitro benzene ring substituents is 1. The van der Waals surface area contributed by atoms with E-state index in [-0.39, 0.29) is 17.0 Å². The monoisotopic (exact) mass is 371 g/mol. The molecule has 0 aromatic heterocycles. The van der Waals surface area contributed by atoms with Crippen LogP contribution in [0.4, 0.5) is 5.69 Å². The number of nitro groups is 1. The smallest absolute Gasteiger partial charge is 0.339 e. The topological polar surface area (TPSA) is 89.7 Å². The summed E-state index contributed by atoms with van der Waals surface area (Å²) >= 11 is 9.02. The van der Waals surface area contributed by atoms with Crippen LogP contribution in [-0.2, 0) is 0 Å². The second-order valence-corrected chi connectivity index (χ2v) is 5.21. The molecule has 0 aliphatic heterocycles. The third-order valence-corrected chi connectivity index (χ3v) is 3.38. The highest BCUT2D eigenvalue weighted by atomic mass is 79.9. The van der Waals surface area contributed by atoms with E-state index >= 15 is 0 Å². The number of carboxylic acid groups (broad SMARTS) is 1. The van der Waals surface area contributed by atoms with Crippen molar-refractivity contribution in [3.05, 3.63) is 61.6 Å². The summed E-state index contributed by atoms with van der Waals surface area (Å²) in [6, 6.07) is 7.93. The molecule has 0 saturated heterocycles. The number of rotatable bonds is 4. The summed E-state index contributed by atoms with van der Waals surface area (Å²) in [5, 5.41) is 20.3. The summed E-state index contributed by atoms with van der Waals surface area (Å²) in [4.78, 5) is 21.3. The SMILES string of the molecule is O=C(O)c1ccc([N+](=O)[O-])cc1Oc1ccc(Cl)cc1Br. The number of hydrogen-bond donors (Lipinski definition) is 1. The predicted octanol–water partition coefficient (Wildman–Crippen LogP) is 4.50. The van der Waals surface area contributed by atoms with Crippen molar-refractivity contribution in [1.29, 1.82) is 0 Å². The van der Waals surface area contributed by atoms with Gasteiger partial charge in [0, 0.05) is 11.1 Å². The van der Waals surface area contributed by atoms with Crippen LogP contribution in [0.1, 0.15) is 10.4 Å². The number of hydrogen-bond acceptors (Lipinski definition) is 4. The number of non-ortho nitro benzene ring substituents is 1. The Hall–Kier alpha value is -2.12. The van der Waals surface area contributed by atoms with Crippen LogP contribution in [0.5, 0.6) is 11.5 Å². The zero-order valence-corrected chi connectivity index (χ0v) is 12.6. The Balaban J connectivity index is 2.48. The van der Waals surface area contributed by atoms with Crippen LogP contribution in [-0.4, -0.2) is 16.0 Å². The van der Waals surface area contributed by atoms with Crippen LogP contribution in [0.3, 0.4) is 0 Å². The fourth-order valence-corrected chi connectivity index (χ4v) is 2.33. The van der Waals surface area contributed by atoms with Gasteiger partial charge in [0.2, 0.25) is 0 Å². The highest BCUT2D eigenvalue weighted by Gasteiger charge is 2.18. The Labute approximate surface area is 132 Å². The van der Waals surface area contributed by atoms with Gasteiger partial charge in [0.05, 0.1) is 15.5 Å². The van der Waals surface area contributed by atoms with Crippen molar-refractivity contribution in [2.75, 3.05) is 0 Å². The van der Waals surface area contributed by atoms with Gasteiger partial charge < -0.3 is 9.84 Å². The van der Waals surface area contributed by atoms with Crippen molar-refractivity contribution >= 4 is 39.2 Å². The summed E-state index contributed by atoms with van der Waals surface area (Å²) in [7, 11) is 0. The first-order chi connectivity index (χ1) is 9.88. The van der Waals surface area contributed by atoms with E-state index in [2.05, 4.69) is 15.9 Å². The maximum atomic E-state index is 11.1. The molecule has 2 aromatic carbocycles. The number of nitrogens with zero attached hydrogens (tertiary/aromatic N) is 1. The van der Waals surface area contributed by atoms with Gasteiger partial charge in [-0.2, -0.15) is 0 Å². The maximum Gasteiger partial charge on any atom is 0.339 e. The Kier molecular flexibility index (Phi) is 4.44. The zero-order valence-electron chi connectivity index (χ0n) is 10.2. The summed E-state index contributed by atoms with van der Waals surface area (Å²) in [5.74, 6) is -1.08. The molecule has 0 amide bonds. The number of aromatic carboxylic acids is 1. The molecule has 0 aliphatic carbocycles. The molecular weight excluding hydrogens is 366 g/mol. The molecule has 0 spiro atoms. The summed E-state index contributed by atoms with van der Waals surface area (Å²) in [6.07, 6.45) is 0. The summed E-state index contributed by atoms with van der Waals surface area (Å²) in [6.45, 7) is 0. The van der Waals surface area contributed by atoms with Crippen LogP contribution in [0.25, 0.3) is 0 Å². The molecule has 0 fully saturated rings. The lowest BCUT2D eigenvalue weighted by atomic mass is 10.2. The molecule has 2 aromatic rings. The first kappa shape index (κ1) is 15.3. The second kappa shape index (κ2) is 6.11. The molecule has 8 heteroatoms. The molecule has 21 heavy (non-hydrogen) atoms. The van der Waals surface area contributed by atoms with Gasteiger partial charge in [-0.3, -0.25) is 10.1 Å². The standard InChI is InChI=1S/C13H7BrClNO5/c14-10-5-7(15)1-4-11(10)21-12-6-8(16(19)20)2-3-9(12)13(17)18/h1-6H,(H,17,18). The van der Waals surface area contributed by atoms with Crippen molar-refractivity contribution in [1.82, 2.24) is 0 Å². The van der Waals surface area contributed by atoms with Crippen molar-refractivity contribution in [2.24, 2.45) is 0 Å². The number of benzene rings is 2. The van der Waals surface area contributed by atoms with Gasteiger partial charge in [0.1, 0.15) is 17.1 Å². The fraction of sp³-hybridized carbons (Fsp3) is 0. The molecule has 0 bridgehead atoms. The van der Waals surface area contributed by atoms with E-state index in [1.54, 1.807) is 12.1 Å². The van der Waals surface area contributed by atoms with Gasteiger partial charge in [-0.15, -0.1) is 0 Å². The van der Waals surface area contributed by atoms with Crippen LogP contribution in [0.2, 0.25) is 5.02 Å². The van der Waals surface area contributed by atoms with E-state index < -0.39 is 10.9 Å². The molecular formula is C13H7BrClNO5. The molecule has 1 N–H and O–H groups in total. The minimum absolute atomic E-state index is 0.125. The lowest BCUT2D eigenvalue weighted by Crippen LogP contribution is -2.01. The minimum atomic E-state index is -1.25. The van der Waals surface area contributed by atoms with Gasteiger partial charge in [0.25, 0.3) is 5.69 Å². The molecule has 0 atom stereocenters. The molecule has 6 nitrogen and oxygen atoms in total. The maximum absolute atomic E-state index is 11.1. The van der Waals surface area contributed by atoms with Crippen LogP contribution >= 0.6 is 27.5 Å². The first-order valence-electron chi connectivity index (χ1n) is 5.53. The molecule has 0 saturated carbocycles. The molecule has 0 aliphatic rings. The van der Waals surface area contributed by atoms with E-state index in [0.717, 1.165) is 18.2 Å². The zero-order chi connectivity index (χ0) is 15.6. The molecule has 0 radical (unpaired) electrons. The highest BCUT2D eigenvalue weighted by molar-refractivity contribution is 9.10. The number of carbonyl (C=O) groups is 1. The van der Waals surface area contributed by atoms with Crippen molar-refractivity contribution in [3.63, 3.8) is 0 Å². The summed E-state index contributed by atoms with van der Waals surface area (Å²) < 4.78 is 5.95. The quantitative estimate of drug-likeness (QED) is 0.630. The van der Waals surface area contributed by atoms with Gasteiger partial charge in [0.15, 0.2) is 0 Å². The Morgan fingerprint density at radius 1 is 1.24 bits per heavy atom. The van der Waals surface area contributed by atoms with Crippen LogP contribution in [0.15, 0.2) is 40.9 Å². The fourth-order valence-electron chi connectivity index (χ4n) is 1.56. The second-order valence-electron chi connectivity index (χ2n) is 3.92. The molecule has 0 unspecified atom stereocenters. The van der Waals surface area contributed by atoms with E-state index in [1.165, 1.54) is 6.07 Å². The van der Waals surface area contributed by atoms with Gasteiger partial charge in [-0.1, -0.05) is 11.6 Å². The van der Waals surface area contributed by atoms with E-state index in [9.17, 15) is 14.9 Å². The molecule has 108 valence electrons. The van der Waals surface area contributed by atoms with E-state index in [1.807, 2.05) is 0 Å². The molecule has 2 rings (SSSR count). The number of carboxylic acids is 1. The lowest BCUT2D eigenvalue weighted by Gasteiger charge is -2.10. The Morgan fingerprint density at radius 2 is 1.95 bits per heavy atom. The first-order valence-corrected chi connectivity index (χ1v) is 6.70. The average molecular weight is 373 g/mol. The lowest BCUT2D eigenvalue weighted by molar-refractivity contribution is -0.384. The molecule has 0 heterocycles. The highest BCUT2D eigenvalue weighted by Crippen LogP contribution is 2.35. The average Bonchev–Trinajstić information content (AvgIpc) is 2.41. The number of ether oxygens (including phenoxy) is 1. The third-order valence-electron chi connectivity index (χ3n) is 2.52. The Morgan fingerprint density at radius 3 is 2.52 bits per heavy atom. The van der Waals surface area contributed by atoms with E-state index in [0.29, 0.717) is 15.2 Å². The predicted molar refractivity (Wildman–Crippen MR) is 79.3 cm³/mol. The van der Waals surface area contributed by atoms with E-state index in [4.69, 9.17) is 21.4 Å². The van der Waals surface area contributed by atoms with Gasteiger partial charge >= 0.3 is 5.97 Å². The van der Waals surface area contributed by atoms with Gasteiger partial charge in [-0.05, 0) is 40.2 Å². The normalized spacial score (nSPS) is 10.2. The van der Waals surface area contributed by atoms with Crippen LogP contribution < -0.4 is 4.74 Å². The van der Waals surface area contributed by atoms with Crippen molar-refractivity contribution in [3.8, 4) is 11.5 Å². The Bertz CT molecular complexity index is 734. The van der Waals surface area contributed by atoms with Crippen molar-refractivity contribution in [2.45, 2.75) is 0 Å².